The first-order chi connectivity index (χ1) is 7.04. The first-order valence-corrected chi connectivity index (χ1v) is 4.96. The van der Waals surface area contributed by atoms with Crippen LogP contribution in [0.5, 0.6) is 0 Å². The Labute approximate surface area is 97.9 Å². The predicted octanol–water partition coefficient (Wildman–Crippen LogP) is 2.01. The van der Waals surface area contributed by atoms with Crippen LogP contribution in [-0.4, -0.2) is 18.0 Å². The van der Waals surface area contributed by atoms with Crippen molar-refractivity contribution >= 4 is 29.2 Å². The molecule has 0 saturated heterocycles. The van der Waals surface area contributed by atoms with E-state index in [2.05, 4.69) is 0 Å². The number of nitrogens with one attached hydrogen (secondary N) is 1. The van der Waals surface area contributed by atoms with Crippen molar-refractivity contribution in [2.75, 3.05) is 7.05 Å². The molecule has 3 N–H and O–H groups in total. The van der Waals surface area contributed by atoms with Crippen molar-refractivity contribution in [1.82, 2.24) is 10.3 Å². The third kappa shape index (κ3) is 3.27. The molecule has 6 heteroatoms. The van der Waals surface area contributed by atoms with Crippen LogP contribution in [0.25, 0.3) is 0 Å². The van der Waals surface area contributed by atoms with Crippen molar-refractivity contribution < 1.29 is 4.79 Å². The molecular weight excluding hydrogens is 237 g/mol. The minimum Gasteiger partial charge on any atom is -0.322 e. The fourth-order valence-electron chi connectivity index (χ4n) is 1.09. The van der Waals surface area contributed by atoms with E-state index in [1.807, 2.05) is 5.43 Å². The minimum atomic E-state index is -0.360. The smallest absolute Gasteiger partial charge is 0.322 e. The zero-order valence-electron chi connectivity index (χ0n) is 8.13. The van der Waals surface area contributed by atoms with Crippen LogP contribution in [0.2, 0.25) is 10.0 Å². The summed E-state index contributed by atoms with van der Waals surface area (Å²) in [5, 5.41) is 0.960. The van der Waals surface area contributed by atoms with Crippen molar-refractivity contribution in [3.8, 4) is 0 Å². The van der Waals surface area contributed by atoms with Gasteiger partial charge in [0, 0.05) is 13.6 Å². The molecule has 0 atom stereocenters. The van der Waals surface area contributed by atoms with E-state index in [1.165, 1.54) is 4.90 Å². The number of amides is 2. The van der Waals surface area contributed by atoms with E-state index in [0.717, 1.165) is 5.56 Å². The van der Waals surface area contributed by atoms with Crippen LogP contribution in [0, 0.1) is 0 Å². The van der Waals surface area contributed by atoms with Gasteiger partial charge in [0.15, 0.2) is 0 Å². The molecule has 0 bridgehead atoms. The van der Waals surface area contributed by atoms with E-state index >= 15 is 0 Å². The maximum atomic E-state index is 11.1. The maximum Gasteiger partial charge on any atom is 0.331 e. The molecule has 0 radical (unpaired) electrons. The summed E-state index contributed by atoms with van der Waals surface area (Å²) in [6, 6.07) is 4.84. The summed E-state index contributed by atoms with van der Waals surface area (Å²) in [6.45, 7) is 0.417. The zero-order valence-corrected chi connectivity index (χ0v) is 9.64. The summed E-state index contributed by atoms with van der Waals surface area (Å²) in [4.78, 5) is 12.5. The summed E-state index contributed by atoms with van der Waals surface area (Å²) in [5.74, 6) is 4.99. The highest BCUT2D eigenvalue weighted by atomic mass is 35.5. The van der Waals surface area contributed by atoms with Gasteiger partial charge in [-0.2, -0.15) is 0 Å². The third-order valence-electron chi connectivity index (χ3n) is 1.87. The number of hydrogen-bond acceptors (Lipinski definition) is 2. The quantitative estimate of drug-likeness (QED) is 0.477. The van der Waals surface area contributed by atoms with Crippen LogP contribution in [0.15, 0.2) is 18.2 Å². The van der Waals surface area contributed by atoms with Gasteiger partial charge >= 0.3 is 6.03 Å². The van der Waals surface area contributed by atoms with E-state index in [-0.39, 0.29) is 6.03 Å². The Morgan fingerprint density at radius 3 is 2.67 bits per heavy atom. The summed E-state index contributed by atoms with van der Waals surface area (Å²) in [7, 11) is 1.63. The number of carbonyl (C=O) groups is 1. The van der Waals surface area contributed by atoms with Gasteiger partial charge in [-0.3, -0.25) is 5.43 Å². The lowest BCUT2D eigenvalue weighted by Gasteiger charge is -2.16. The molecule has 1 aromatic rings. The van der Waals surface area contributed by atoms with Crippen LogP contribution < -0.4 is 11.3 Å². The molecule has 0 aliphatic rings. The molecule has 15 heavy (non-hydrogen) atoms. The Balaban J connectivity index is 2.73. The lowest BCUT2D eigenvalue weighted by molar-refractivity contribution is 0.207. The number of halogens is 2. The number of hydrazine groups is 1. The molecule has 0 fully saturated rings. The Kier molecular flexibility index (Phi) is 4.20. The Morgan fingerprint density at radius 1 is 1.47 bits per heavy atom. The van der Waals surface area contributed by atoms with Crippen molar-refractivity contribution in [2.24, 2.45) is 5.84 Å². The van der Waals surface area contributed by atoms with Gasteiger partial charge in [0.1, 0.15) is 0 Å². The van der Waals surface area contributed by atoms with E-state index in [9.17, 15) is 4.79 Å². The number of nitrogens with zero attached hydrogens (tertiary/aromatic N) is 1. The van der Waals surface area contributed by atoms with Crippen LogP contribution >= 0.6 is 23.2 Å². The molecule has 0 unspecified atom stereocenters. The van der Waals surface area contributed by atoms with Gasteiger partial charge in [0.2, 0.25) is 0 Å². The molecule has 0 aliphatic carbocycles. The molecular formula is C9H11Cl2N3O. The van der Waals surface area contributed by atoms with E-state index < -0.39 is 0 Å². The molecule has 0 spiro atoms. The monoisotopic (exact) mass is 247 g/mol. The molecule has 2 amide bonds. The lowest BCUT2D eigenvalue weighted by atomic mass is 10.2. The van der Waals surface area contributed by atoms with Gasteiger partial charge in [0.05, 0.1) is 10.0 Å². The fourth-order valence-corrected chi connectivity index (χ4v) is 1.41. The predicted molar refractivity (Wildman–Crippen MR) is 60.6 cm³/mol. The van der Waals surface area contributed by atoms with Gasteiger partial charge in [-0.15, -0.1) is 0 Å². The van der Waals surface area contributed by atoms with Crippen LogP contribution in [-0.2, 0) is 6.54 Å². The van der Waals surface area contributed by atoms with Crippen molar-refractivity contribution in [1.29, 1.82) is 0 Å². The molecule has 1 aromatic carbocycles. The first-order valence-electron chi connectivity index (χ1n) is 4.20. The maximum absolute atomic E-state index is 11.1. The second-order valence-electron chi connectivity index (χ2n) is 3.05. The fraction of sp³-hybridized carbons (Fsp3) is 0.222. The molecule has 0 saturated carbocycles. The standard InChI is InChI=1S/C9H11Cl2N3O/c1-14(9(15)13-12)5-6-2-3-7(10)8(11)4-6/h2-4H,5,12H2,1H3,(H,13,15). The lowest BCUT2D eigenvalue weighted by Crippen LogP contribution is -2.40. The van der Waals surface area contributed by atoms with Crippen LogP contribution in [0.3, 0.4) is 0 Å². The molecule has 0 heterocycles. The third-order valence-corrected chi connectivity index (χ3v) is 2.61. The van der Waals surface area contributed by atoms with E-state index in [0.29, 0.717) is 16.6 Å². The number of carbonyl (C=O) groups excluding carboxylic acids is 1. The number of benzene rings is 1. The van der Waals surface area contributed by atoms with Gasteiger partial charge in [0.25, 0.3) is 0 Å². The normalized spacial score (nSPS) is 9.87. The van der Waals surface area contributed by atoms with Crippen LogP contribution in [0.4, 0.5) is 4.79 Å². The van der Waals surface area contributed by atoms with Crippen molar-refractivity contribution in [3.05, 3.63) is 33.8 Å². The summed E-state index contributed by atoms with van der Waals surface area (Å²) in [6.07, 6.45) is 0. The molecule has 0 aliphatic heterocycles. The average Bonchev–Trinajstić information content (AvgIpc) is 2.22. The van der Waals surface area contributed by atoms with E-state index in [1.54, 1.807) is 25.2 Å². The minimum absolute atomic E-state index is 0.360. The Hall–Kier alpha value is -0.970. The van der Waals surface area contributed by atoms with Gasteiger partial charge in [-0.1, -0.05) is 29.3 Å². The van der Waals surface area contributed by atoms with Crippen LogP contribution in [0.1, 0.15) is 5.56 Å². The molecule has 82 valence electrons. The van der Waals surface area contributed by atoms with Gasteiger partial charge in [-0.05, 0) is 17.7 Å². The molecule has 0 aromatic heterocycles. The van der Waals surface area contributed by atoms with Gasteiger partial charge in [-0.25, -0.2) is 10.6 Å². The summed E-state index contributed by atoms with van der Waals surface area (Å²) >= 11 is 11.6. The number of urea groups is 1. The van der Waals surface area contributed by atoms with Crippen molar-refractivity contribution in [3.63, 3.8) is 0 Å². The summed E-state index contributed by atoms with van der Waals surface area (Å²) < 4.78 is 0. The first kappa shape index (κ1) is 12.1. The number of nitrogens with two attached hydrogens (primary N) is 1. The molecule has 4 nitrogen and oxygen atoms in total. The second kappa shape index (κ2) is 5.21. The summed E-state index contributed by atoms with van der Waals surface area (Å²) in [5.41, 5.74) is 2.92. The van der Waals surface area contributed by atoms with E-state index in [4.69, 9.17) is 29.0 Å². The molecule has 1 rings (SSSR count). The Morgan fingerprint density at radius 2 is 2.13 bits per heavy atom. The zero-order chi connectivity index (χ0) is 11.4. The largest absolute Gasteiger partial charge is 0.331 e. The van der Waals surface area contributed by atoms with Crippen molar-refractivity contribution in [2.45, 2.75) is 6.54 Å². The van der Waals surface area contributed by atoms with Gasteiger partial charge < -0.3 is 4.90 Å². The second-order valence-corrected chi connectivity index (χ2v) is 3.87. The highest BCUT2D eigenvalue weighted by Gasteiger charge is 2.07. The number of hydrogen-bond donors (Lipinski definition) is 2. The SMILES string of the molecule is CN(Cc1ccc(Cl)c(Cl)c1)C(=O)NN. The highest BCUT2D eigenvalue weighted by Crippen LogP contribution is 2.22. The highest BCUT2D eigenvalue weighted by molar-refractivity contribution is 6.42. The topological polar surface area (TPSA) is 58.4 Å². The Bertz CT molecular complexity index is 370. The number of rotatable bonds is 2. The average molecular weight is 248 g/mol.